The molecule has 0 spiro atoms. The molecule has 4 aromatic carbocycles. The molecule has 5 rings (SSSR count). The maximum absolute atomic E-state index is 13.3. The number of aliphatic hydroxyl groups excluding tert-OH is 4. The number of nitrogens with two attached hydrogens (primary N) is 1. The van der Waals surface area contributed by atoms with Crippen molar-refractivity contribution in [3.05, 3.63) is 130 Å². The Morgan fingerprint density at radius 1 is 0.697 bits per heavy atom. The number of allylic oxidation sites excluding steroid dienone is 2. The summed E-state index contributed by atoms with van der Waals surface area (Å²) in [7, 11) is 7.41. The molecule has 0 saturated carbocycles. The molecule has 1 aliphatic heterocycles. The fourth-order valence-electron chi connectivity index (χ4n) is 8.34. The molecule has 1 heterocycles. The first-order valence-corrected chi connectivity index (χ1v) is 25.2. The van der Waals surface area contributed by atoms with Crippen molar-refractivity contribution in [2.45, 2.75) is 44.9 Å². The van der Waals surface area contributed by atoms with Gasteiger partial charge < -0.3 is 46.2 Å². The third-order valence-electron chi connectivity index (χ3n) is 12.0. The molecule has 0 fully saturated rings. The molecule has 4 aromatic rings. The fraction of sp³-hybridized carbons (Fsp3) is 0.404. The second-order valence-electron chi connectivity index (χ2n) is 17.4. The minimum Gasteiger partial charge on any atom is -0.395 e. The minimum absolute atomic E-state index is 0.0199. The number of fused-ring (bicyclic) bond motifs is 1. The number of hydrogen-bond acceptors (Lipinski definition) is 10. The van der Waals surface area contributed by atoms with E-state index in [-0.39, 0.29) is 49.1 Å². The third-order valence-corrected chi connectivity index (χ3v) is 14.5. The molecule has 0 radical (unpaired) electrons. The van der Waals surface area contributed by atoms with Crippen molar-refractivity contribution in [2.75, 3.05) is 101 Å². The highest BCUT2D eigenvalue weighted by Crippen LogP contribution is 2.40. The number of nitrogens with zero attached hydrogens (tertiary/aromatic N) is 3. The highest BCUT2D eigenvalue weighted by Gasteiger charge is 2.43. The second-order valence-corrected chi connectivity index (χ2v) is 20.1. The summed E-state index contributed by atoms with van der Waals surface area (Å²) in [6.07, 6.45) is 9.27. The molecular weight excluding hydrogens is 869 g/mol. The van der Waals surface area contributed by atoms with Crippen LogP contribution in [0.4, 0.5) is 22.7 Å². The van der Waals surface area contributed by atoms with Gasteiger partial charge in [0.1, 0.15) is 12.7 Å². The topological polar surface area (TPSA) is 165 Å². The van der Waals surface area contributed by atoms with Crippen LogP contribution in [0.5, 0.6) is 0 Å². The van der Waals surface area contributed by atoms with E-state index in [9.17, 15) is 30.0 Å². The predicted molar refractivity (Wildman–Crippen MR) is 275 cm³/mol. The number of quaternary nitrogens is 1. The van der Waals surface area contributed by atoms with Crippen molar-refractivity contribution in [2.24, 2.45) is 0 Å². The molecule has 354 valence electrons. The Morgan fingerprint density at radius 2 is 1.18 bits per heavy atom. The van der Waals surface area contributed by atoms with Crippen LogP contribution in [0.15, 0.2) is 97.1 Å². The molecule has 14 heteroatoms. The van der Waals surface area contributed by atoms with Gasteiger partial charge in [-0.1, -0.05) is 71.9 Å². The van der Waals surface area contributed by atoms with E-state index in [0.29, 0.717) is 50.4 Å². The second kappa shape index (κ2) is 25.3. The van der Waals surface area contributed by atoms with Crippen LogP contribution in [0.25, 0.3) is 12.2 Å². The summed E-state index contributed by atoms with van der Waals surface area (Å²) in [5.74, 6) is 1.26. The maximum atomic E-state index is 13.3. The molecule has 0 atom stereocenters. The summed E-state index contributed by atoms with van der Waals surface area (Å²) >= 11 is 0. The van der Waals surface area contributed by atoms with Gasteiger partial charge >= 0.3 is 0 Å². The zero-order valence-corrected chi connectivity index (χ0v) is 41.1. The highest BCUT2D eigenvalue weighted by atomic mass is 33.1. The molecule has 8 N–H and O–H groups in total. The van der Waals surface area contributed by atoms with E-state index in [4.69, 9.17) is 0 Å². The summed E-state index contributed by atoms with van der Waals surface area (Å²) in [6.45, 7) is 11.7. The lowest BCUT2D eigenvalue weighted by atomic mass is 9.79. The van der Waals surface area contributed by atoms with Crippen LogP contribution in [0.1, 0.15) is 77.1 Å². The van der Waals surface area contributed by atoms with E-state index >= 15 is 0 Å². The number of hydrogen-bond donors (Lipinski definition) is 7. The van der Waals surface area contributed by atoms with E-state index in [1.165, 1.54) is 0 Å². The lowest BCUT2D eigenvalue weighted by molar-refractivity contribution is -0.540. The molecule has 66 heavy (non-hydrogen) atoms. The Hall–Kier alpha value is -4.93. The zero-order valence-electron chi connectivity index (χ0n) is 39.4. The summed E-state index contributed by atoms with van der Waals surface area (Å²) in [5.41, 5.74) is 10.2. The van der Waals surface area contributed by atoms with Crippen LogP contribution in [0.2, 0.25) is 0 Å². The van der Waals surface area contributed by atoms with Crippen LogP contribution in [-0.4, -0.2) is 134 Å². The average Bonchev–Trinajstić information content (AvgIpc) is 3.51. The SMILES string of the molecule is C[NH2+]c1ccc(C(=O)NCCSSCCNC(=O)c2ccc3c(c2)C(C)(C)C(/C=C/c2ccc(N(CCO)CCO)cc2)=[N+]3C)cc1C(C)(C)C/C=C/c1ccc(N(CCO)CCO)cc1. The fourth-order valence-corrected chi connectivity index (χ4v) is 10.2. The molecule has 12 nitrogen and oxygen atoms in total. The van der Waals surface area contributed by atoms with E-state index in [1.54, 1.807) is 21.6 Å². The standard InChI is InChI=1S/C52H68N6O6S2/c1-51(2,23-7-8-38-9-16-42(17-10-38)57(26-30-59)27-31-60)44-36-40(14-20-46(44)53-5)49(63)54-24-34-65-66-35-25-55-50(64)41-15-21-47-45(37-41)52(3,4)48(56(47)6)22-13-39-11-18-43(19-12-39)58(28-32-61)29-33-62/h7-22,36-37,59-62H,23-35H2,1-6H3,(H2-,53,54,55,63,64)/p+2/b8-7+. The van der Waals surface area contributed by atoms with E-state index < -0.39 is 0 Å². The Bertz CT molecular complexity index is 2270. The van der Waals surface area contributed by atoms with Gasteiger partial charge in [-0.2, -0.15) is 4.58 Å². The number of carbonyl (C=O) groups is 2. The van der Waals surface area contributed by atoms with Crippen molar-refractivity contribution in [1.82, 2.24) is 10.6 Å². The van der Waals surface area contributed by atoms with Gasteiger partial charge in [-0.3, -0.25) is 9.59 Å². The maximum Gasteiger partial charge on any atom is 0.251 e. The van der Waals surface area contributed by atoms with Crippen molar-refractivity contribution < 1.29 is 39.9 Å². The summed E-state index contributed by atoms with van der Waals surface area (Å²) in [4.78, 5) is 30.5. The van der Waals surface area contributed by atoms with Crippen LogP contribution < -0.4 is 25.8 Å². The van der Waals surface area contributed by atoms with Crippen molar-refractivity contribution >= 4 is 74.0 Å². The summed E-state index contributed by atoms with van der Waals surface area (Å²) in [5, 5.41) is 45.8. The number of nitrogens with one attached hydrogen (secondary N) is 2. The van der Waals surface area contributed by atoms with Crippen molar-refractivity contribution in [1.29, 1.82) is 0 Å². The Balaban J connectivity index is 1.05. The highest BCUT2D eigenvalue weighted by molar-refractivity contribution is 8.76. The quantitative estimate of drug-likeness (QED) is 0.0179. The monoisotopic (exact) mass is 938 g/mol. The average molecular weight is 939 g/mol. The van der Waals surface area contributed by atoms with E-state index in [1.807, 2.05) is 102 Å². The summed E-state index contributed by atoms with van der Waals surface area (Å²) < 4.78 is 2.18. The van der Waals surface area contributed by atoms with Crippen molar-refractivity contribution in [3.8, 4) is 0 Å². The lowest BCUT2D eigenvalue weighted by Crippen LogP contribution is -2.73. The van der Waals surface area contributed by atoms with Gasteiger partial charge in [0.15, 0.2) is 5.71 Å². The lowest BCUT2D eigenvalue weighted by Gasteiger charge is -2.25. The third kappa shape index (κ3) is 13.8. The number of benzene rings is 4. The first kappa shape index (κ1) is 52.0. The van der Waals surface area contributed by atoms with Gasteiger partial charge in [0.25, 0.3) is 11.8 Å². The number of rotatable bonds is 26. The van der Waals surface area contributed by atoms with Gasteiger partial charge in [0.05, 0.1) is 38.9 Å². The molecule has 0 aromatic heterocycles. The molecule has 2 amide bonds. The van der Waals surface area contributed by atoms with Gasteiger partial charge in [0.2, 0.25) is 5.69 Å². The molecule has 0 saturated heterocycles. The van der Waals surface area contributed by atoms with Gasteiger partial charge in [-0.25, -0.2) is 0 Å². The number of aliphatic hydroxyl groups is 4. The Kier molecular flexibility index (Phi) is 19.9. The van der Waals surface area contributed by atoms with Crippen LogP contribution >= 0.6 is 21.6 Å². The first-order chi connectivity index (χ1) is 31.8. The number of carbonyl (C=O) groups excluding carboxylic acids is 2. The van der Waals surface area contributed by atoms with E-state index in [2.05, 4.69) is 79.6 Å². The molecular formula is C52H70N6O6S2+2. The normalized spacial score (nSPS) is 13.4. The van der Waals surface area contributed by atoms with Crippen LogP contribution in [0.3, 0.4) is 0 Å². The van der Waals surface area contributed by atoms with Crippen molar-refractivity contribution in [3.63, 3.8) is 0 Å². The Labute approximate surface area is 399 Å². The van der Waals surface area contributed by atoms with Gasteiger partial charge in [-0.05, 0) is 91.4 Å². The summed E-state index contributed by atoms with van der Waals surface area (Å²) in [6, 6.07) is 28.0. The number of amides is 2. The van der Waals surface area contributed by atoms with Crippen LogP contribution in [0, 0.1) is 0 Å². The molecule has 1 aliphatic rings. The minimum atomic E-state index is -0.324. The largest absolute Gasteiger partial charge is 0.395 e. The molecule has 0 unspecified atom stereocenters. The van der Waals surface area contributed by atoms with Crippen LogP contribution in [-0.2, 0) is 10.8 Å². The number of anilines is 2. The molecule has 0 aliphatic carbocycles. The first-order valence-electron chi connectivity index (χ1n) is 22.8. The Morgan fingerprint density at radius 3 is 1.68 bits per heavy atom. The smallest absolute Gasteiger partial charge is 0.251 e. The van der Waals surface area contributed by atoms with Gasteiger partial charge in [0, 0.05) is 103 Å². The molecule has 0 bridgehead atoms. The predicted octanol–water partition coefficient (Wildman–Crippen LogP) is 5.74. The van der Waals surface area contributed by atoms with Gasteiger partial charge in [-0.15, -0.1) is 0 Å². The van der Waals surface area contributed by atoms with E-state index in [0.717, 1.165) is 68.6 Å². The zero-order chi connectivity index (χ0) is 47.7.